The van der Waals surface area contributed by atoms with Crippen LogP contribution in [0.2, 0.25) is 20.1 Å². The van der Waals surface area contributed by atoms with Gasteiger partial charge in [0.1, 0.15) is 6.61 Å². The van der Waals surface area contributed by atoms with Crippen LogP contribution in [-0.2, 0) is 13.2 Å². The van der Waals surface area contributed by atoms with Gasteiger partial charge in [0.2, 0.25) is 0 Å². The van der Waals surface area contributed by atoms with E-state index in [1.165, 1.54) is 0 Å². The highest BCUT2D eigenvalue weighted by Crippen LogP contribution is 2.39. The summed E-state index contributed by atoms with van der Waals surface area (Å²) in [5.74, 6) is 1.20. The van der Waals surface area contributed by atoms with Crippen molar-refractivity contribution in [3.05, 3.63) is 84.2 Å². The molecule has 0 aliphatic heterocycles. The Hall–Kier alpha value is -1.30. The molecule has 0 atom stereocenters. The zero-order valence-electron chi connectivity index (χ0n) is 15.9. The summed E-state index contributed by atoms with van der Waals surface area (Å²) in [6.45, 7) is 3.17. The molecule has 0 bridgehead atoms. The van der Waals surface area contributed by atoms with Gasteiger partial charge in [-0.1, -0.05) is 52.5 Å². The molecule has 0 fully saturated rings. The van der Waals surface area contributed by atoms with Crippen LogP contribution in [0.4, 0.5) is 5.69 Å². The van der Waals surface area contributed by atoms with E-state index in [0.717, 1.165) is 21.3 Å². The van der Waals surface area contributed by atoms with Crippen LogP contribution in [0, 0.1) is 0 Å². The van der Waals surface area contributed by atoms with Crippen LogP contribution in [0.3, 0.4) is 0 Å². The molecule has 0 aromatic heterocycles. The van der Waals surface area contributed by atoms with Crippen LogP contribution in [0.1, 0.15) is 18.1 Å². The summed E-state index contributed by atoms with van der Waals surface area (Å²) in [5, 5.41) is 5.56. The zero-order valence-corrected chi connectivity index (χ0v) is 20.6. The van der Waals surface area contributed by atoms with E-state index in [1.54, 1.807) is 30.3 Å². The molecule has 0 aliphatic carbocycles. The number of anilines is 1. The van der Waals surface area contributed by atoms with E-state index in [4.69, 9.17) is 55.9 Å². The molecule has 0 aliphatic rings. The van der Waals surface area contributed by atoms with Gasteiger partial charge in [-0.25, -0.2) is 0 Å². The Morgan fingerprint density at radius 2 is 1.63 bits per heavy atom. The molecule has 0 amide bonds. The molecule has 0 saturated carbocycles. The van der Waals surface area contributed by atoms with Gasteiger partial charge in [-0.2, -0.15) is 0 Å². The van der Waals surface area contributed by atoms with Crippen molar-refractivity contribution in [3.8, 4) is 11.5 Å². The molecule has 30 heavy (non-hydrogen) atoms. The molecular weight excluding hydrogens is 532 g/mol. The Kier molecular flexibility index (Phi) is 8.44. The van der Waals surface area contributed by atoms with E-state index < -0.39 is 0 Å². The molecule has 8 heteroatoms. The van der Waals surface area contributed by atoms with E-state index in [9.17, 15) is 0 Å². The highest BCUT2D eigenvalue weighted by Gasteiger charge is 2.15. The lowest BCUT2D eigenvalue weighted by Crippen LogP contribution is -2.04. The molecule has 1 N–H and O–H groups in total. The summed E-state index contributed by atoms with van der Waals surface area (Å²) in [6, 6.07) is 14.6. The van der Waals surface area contributed by atoms with Crippen molar-refractivity contribution in [3.63, 3.8) is 0 Å². The molecule has 158 valence electrons. The second-order valence-electron chi connectivity index (χ2n) is 6.30. The normalized spacial score (nSPS) is 10.7. The highest BCUT2D eigenvalue weighted by atomic mass is 79.9. The Morgan fingerprint density at radius 3 is 2.30 bits per heavy atom. The minimum atomic E-state index is 0.217. The Labute approximate surface area is 204 Å². The van der Waals surface area contributed by atoms with E-state index >= 15 is 0 Å². The van der Waals surface area contributed by atoms with Gasteiger partial charge in [0.15, 0.2) is 11.5 Å². The number of rotatable bonds is 8. The maximum absolute atomic E-state index is 6.25. The molecule has 3 aromatic rings. The molecule has 0 radical (unpaired) electrons. The topological polar surface area (TPSA) is 30.5 Å². The fourth-order valence-corrected chi connectivity index (χ4v) is 4.36. The summed E-state index contributed by atoms with van der Waals surface area (Å²) < 4.78 is 12.6. The summed E-state index contributed by atoms with van der Waals surface area (Å²) in [5.41, 5.74) is 2.50. The summed E-state index contributed by atoms with van der Waals surface area (Å²) >= 11 is 28.3. The number of ether oxygens (including phenoxy) is 2. The first kappa shape index (κ1) is 23.4. The van der Waals surface area contributed by atoms with E-state index in [2.05, 4.69) is 21.2 Å². The van der Waals surface area contributed by atoms with Gasteiger partial charge in [0.05, 0.1) is 21.8 Å². The number of hydrogen-bond donors (Lipinski definition) is 1. The van der Waals surface area contributed by atoms with Crippen molar-refractivity contribution in [2.45, 2.75) is 20.1 Å². The zero-order chi connectivity index (χ0) is 21.7. The highest BCUT2D eigenvalue weighted by molar-refractivity contribution is 9.10. The van der Waals surface area contributed by atoms with E-state index in [-0.39, 0.29) is 6.61 Å². The largest absolute Gasteiger partial charge is 0.490 e. The van der Waals surface area contributed by atoms with Crippen molar-refractivity contribution in [1.29, 1.82) is 0 Å². The standard InChI is InChI=1S/C22H18BrCl4NO2/c1-2-29-21-9-13(11-28-20-7-6-14(24)10-19(20)27)8-16(23)22(21)30-12-15-17(25)4-3-5-18(15)26/h3-10,28H,2,11-12H2,1H3. The number of nitrogens with one attached hydrogen (secondary N) is 1. The number of halogens is 5. The third kappa shape index (κ3) is 5.89. The Balaban J connectivity index is 1.79. The van der Waals surface area contributed by atoms with Gasteiger partial charge < -0.3 is 14.8 Å². The van der Waals surface area contributed by atoms with Crippen LogP contribution in [0.5, 0.6) is 11.5 Å². The van der Waals surface area contributed by atoms with Crippen LogP contribution >= 0.6 is 62.3 Å². The van der Waals surface area contributed by atoms with Crippen molar-refractivity contribution >= 4 is 68.0 Å². The van der Waals surface area contributed by atoms with Crippen molar-refractivity contribution < 1.29 is 9.47 Å². The van der Waals surface area contributed by atoms with Crippen LogP contribution in [0.25, 0.3) is 0 Å². The first-order valence-electron chi connectivity index (χ1n) is 9.09. The third-order valence-electron chi connectivity index (χ3n) is 4.21. The smallest absolute Gasteiger partial charge is 0.175 e. The quantitative estimate of drug-likeness (QED) is 0.305. The molecule has 0 unspecified atom stereocenters. The third-order valence-corrected chi connectivity index (χ3v) is 6.05. The lowest BCUT2D eigenvalue weighted by atomic mass is 10.2. The van der Waals surface area contributed by atoms with Crippen LogP contribution < -0.4 is 14.8 Å². The van der Waals surface area contributed by atoms with Crippen molar-refractivity contribution in [2.75, 3.05) is 11.9 Å². The van der Waals surface area contributed by atoms with Crippen molar-refractivity contribution in [1.82, 2.24) is 0 Å². The average Bonchev–Trinajstić information content (AvgIpc) is 2.68. The number of hydrogen-bond acceptors (Lipinski definition) is 3. The minimum Gasteiger partial charge on any atom is -0.490 e. The fraction of sp³-hybridized carbons (Fsp3) is 0.182. The second kappa shape index (κ2) is 10.8. The van der Waals surface area contributed by atoms with Crippen LogP contribution in [0.15, 0.2) is 53.0 Å². The van der Waals surface area contributed by atoms with Gasteiger partial charge >= 0.3 is 0 Å². The SMILES string of the molecule is CCOc1cc(CNc2ccc(Cl)cc2Cl)cc(Br)c1OCc1c(Cl)cccc1Cl. The van der Waals surface area contributed by atoms with E-state index in [1.807, 2.05) is 25.1 Å². The predicted molar refractivity (Wildman–Crippen MR) is 130 cm³/mol. The first-order chi connectivity index (χ1) is 14.4. The predicted octanol–water partition coefficient (Wildman–Crippen LogP) is 8.65. The summed E-state index contributed by atoms with van der Waals surface area (Å²) in [6.07, 6.45) is 0. The lowest BCUT2D eigenvalue weighted by Gasteiger charge is -2.17. The van der Waals surface area contributed by atoms with Gasteiger partial charge in [-0.15, -0.1) is 0 Å². The summed E-state index contributed by atoms with van der Waals surface area (Å²) in [7, 11) is 0. The minimum absolute atomic E-state index is 0.217. The first-order valence-corrected chi connectivity index (χ1v) is 11.4. The maximum Gasteiger partial charge on any atom is 0.175 e. The summed E-state index contributed by atoms with van der Waals surface area (Å²) in [4.78, 5) is 0. The van der Waals surface area contributed by atoms with Crippen molar-refractivity contribution in [2.24, 2.45) is 0 Å². The number of benzene rings is 3. The van der Waals surface area contributed by atoms with Gasteiger partial charge in [0.25, 0.3) is 0 Å². The Morgan fingerprint density at radius 1 is 0.900 bits per heavy atom. The fourth-order valence-electron chi connectivity index (χ4n) is 2.77. The lowest BCUT2D eigenvalue weighted by molar-refractivity contribution is 0.267. The van der Waals surface area contributed by atoms with E-state index in [0.29, 0.717) is 44.7 Å². The second-order valence-corrected chi connectivity index (χ2v) is 8.82. The molecule has 0 spiro atoms. The molecule has 3 nitrogen and oxygen atoms in total. The average molecular weight is 550 g/mol. The molecule has 0 heterocycles. The molecule has 3 rings (SSSR count). The van der Waals surface area contributed by atoms with Crippen LogP contribution in [-0.4, -0.2) is 6.61 Å². The monoisotopic (exact) mass is 547 g/mol. The van der Waals surface area contributed by atoms with Gasteiger partial charge in [-0.05, 0) is 70.9 Å². The molecular formula is C22H18BrCl4NO2. The van der Waals surface area contributed by atoms with Gasteiger partial charge in [0, 0.05) is 27.2 Å². The van der Waals surface area contributed by atoms with Gasteiger partial charge in [-0.3, -0.25) is 0 Å². The maximum atomic E-state index is 6.25. The molecule has 3 aromatic carbocycles. The Bertz CT molecular complexity index is 1030. The molecule has 0 saturated heterocycles.